The van der Waals surface area contributed by atoms with Crippen LogP contribution in [0.4, 0.5) is 0 Å². The van der Waals surface area contributed by atoms with Crippen molar-refractivity contribution in [2.75, 3.05) is 0 Å². The highest BCUT2D eigenvalue weighted by Crippen LogP contribution is 2.47. The van der Waals surface area contributed by atoms with Gasteiger partial charge in [-0.3, -0.25) is 9.59 Å². The number of hydrogen-bond donors (Lipinski definition) is 5. The van der Waals surface area contributed by atoms with Crippen molar-refractivity contribution in [3.63, 3.8) is 0 Å². The Morgan fingerprint density at radius 3 is 0.574 bits per heavy atom. The first-order valence-corrected chi connectivity index (χ1v) is 26.8. The summed E-state index contributed by atoms with van der Waals surface area (Å²) in [6.07, 6.45) is 0. The largest absolute Gasteiger partial charge is 0.478 e. The molecule has 0 saturated heterocycles. The average Bonchev–Trinajstić information content (AvgIpc) is 3.19. The van der Waals surface area contributed by atoms with Gasteiger partial charge in [-0.05, 0) is 91.0 Å². The van der Waals surface area contributed by atoms with Crippen molar-refractivity contribution in [1.82, 2.24) is 0 Å². The maximum absolute atomic E-state index is 12.2. The lowest BCUT2D eigenvalue weighted by Crippen LogP contribution is -1.97. The zero-order chi connectivity index (χ0) is 44.4. The zero-order valence-electron chi connectivity index (χ0n) is 30.8. The Morgan fingerprint density at radius 1 is 0.279 bits per heavy atom. The minimum absolute atomic E-state index is 0.00206. The van der Waals surface area contributed by atoms with E-state index in [0.717, 1.165) is 23.5 Å². The van der Waals surface area contributed by atoms with Gasteiger partial charge in [0.05, 0.1) is 27.8 Å². The van der Waals surface area contributed by atoms with Gasteiger partial charge in [-0.1, -0.05) is 110 Å². The molecule has 0 amide bonds. The molecule has 0 spiro atoms. The number of thioether (sulfide) groups is 2. The second-order valence-electron chi connectivity index (χ2n) is 11.8. The van der Waals surface area contributed by atoms with Gasteiger partial charge in [-0.15, -0.1) is 0 Å². The van der Waals surface area contributed by atoms with Crippen molar-refractivity contribution in [3.8, 4) is 0 Å². The molecule has 5 aromatic carbocycles. The number of aromatic carboxylic acids is 5. The lowest BCUT2D eigenvalue weighted by atomic mass is 10.2. The van der Waals surface area contributed by atoms with Gasteiger partial charge in [0, 0.05) is 62.8 Å². The fourth-order valence-corrected chi connectivity index (χ4v) is 14.7. The predicted molar refractivity (Wildman–Crippen MR) is 247 cm³/mol. The molecule has 5 aromatic rings. The first-order chi connectivity index (χ1) is 28.9. The lowest BCUT2D eigenvalue weighted by Gasteiger charge is -2.10. The first kappa shape index (κ1) is 48.3. The van der Waals surface area contributed by atoms with Gasteiger partial charge in [-0.25, -0.2) is 24.0 Å². The van der Waals surface area contributed by atoms with E-state index in [1.165, 1.54) is 161 Å². The first-order valence-electron chi connectivity index (χ1n) is 16.6. The number of carbonyl (C=O) groups is 7. The summed E-state index contributed by atoms with van der Waals surface area (Å²) in [4.78, 5) is 88.3. The Morgan fingerprint density at radius 2 is 0.426 bits per heavy atom. The van der Waals surface area contributed by atoms with Crippen LogP contribution in [0.1, 0.15) is 65.6 Å². The number of carboxylic acid groups (broad SMARTS) is 5. The van der Waals surface area contributed by atoms with Crippen molar-refractivity contribution < 1.29 is 59.1 Å². The second kappa shape index (κ2) is 22.6. The summed E-state index contributed by atoms with van der Waals surface area (Å²) in [5.41, 5.74) is -0.0203. The zero-order valence-corrected chi connectivity index (χ0v) is 39.0. The van der Waals surface area contributed by atoms with Crippen LogP contribution in [0.2, 0.25) is 0 Å². The molecule has 0 radical (unpaired) electrons. The summed E-state index contributed by atoms with van der Waals surface area (Å²) in [5, 5.41) is 48.3. The molecule has 12 nitrogen and oxygen atoms in total. The highest BCUT2D eigenvalue weighted by molar-refractivity contribution is 8.77. The van der Waals surface area contributed by atoms with Crippen LogP contribution in [0.5, 0.6) is 0 Å². The topological polar surface area (TPSA) is 221 Å². The molecule has 0 saturated carbocycles. The van der Waals surface area contributed by atoms with Crippen molar-refractivity contribution in [2.24, 2.45) is 0 Å². The molecule has 0 heterocycles. The van der Waals surface area contributed by atoms with Gasteiger partial charge >= 0.3 is 29.8 Å². The molecular weight excluding hydrogens is 981 g/mol. The molecule has 0 fully saturated rings. The summed E-state index contributed by atoms with van der Waals surface area (Å²) in [5.74, 6) is -5.85. The van der Waals surface area contributed by atoms with E-state index in [0.29, 0.717) is 49.0 Å². The van der Waals surface area contributed by atoms with Gasteiger partial charge in [0.25, 0.3) is 0 Å². The van der Waals surface area contributed by atoms with E-state index >= 15 is 0 Å². The van der Waals surface area contributed by atoms with Crippen LogP contribution in [0.25, 0.3) is 0 Å². The number of benzene rings is 5. The molecule has 22 heteroatoms. The van der Waals surface area contributed by atoms with Gasteiger partial charge in [0.15, 0.2) is 10.2 Å². The third-order valence-corrected chi connectivity index (χ3v) is 18.0. The van der Waals surface area contributed by atoms with E-state index in [4.69, 9.17) is 0 Å². The molecule has 0 aliphatic heterocycles. The summed E-state index contributed by atoms with van der Waals surface area (Å²) in [6.45, 7) is 2.74. The number of rotatable bonds is 19. The van der Waals surface area contributed by atoms with Gasteiger partial charge in [-0.2, -0.15) is 0 Å². The highest BCUT2D eigenvalue weighted by Gasteiger charge is 2.17. The second-order valence-corrected chi connectivity index (χ2v) is 23.5. The molecule has 0 bridgehead atoms. The molecule has 0 aliphatic carbocycles. The predicted octanol–water partition coefficient (Wildman–Crippen LogP) is 12.7. The van der Waals surface area contributed by atoms with Crippen LogP contribution in [-0.2, 0) is 9.59 Å². The van der Waals surface area contributed by atoms with E-state index in [-0.39, 0.29) is 38.0 Å². The minimum Gasteiger partial charge on any atom is -0.478 e. The number of carboxylic acids is 5. The Bertz CT molecular complexity index is 2420. The van der Waals surface area contributed by atoms with Crippen LogP contribution in [-0.4, -0.2) is 65.6 Å². The van der Waals surface area contributed by atoms with Crippen LogP contribution in [0, 0.1) is 0 Å². The minimum atomic E-state index is -1.18. The molecule has 5 N–H and O–H groups in total. The SMILES string of the molecule is CC(=O)Sc1cc(SSc2cc(SSc3cc(SSc4cc(SSc5cc(SC(C)=O)cc(C(=O)O)c5)cc(C(=O)O)c4)cc(C(=O)O)c3)cc(C(=O)O)c2)cc(C(=O)O)c1. The van der Waals surface area contributed by atoms with Crippen LogP contribution in [0.3, 0.4) is 0 Å². The molecule has 314 valence electrons. The smallest absolute Gasteiger partial charge is 0.335 e. The molecule has 5 rings (SSSR count). The Balaban J connectivity index is 1.32. The van der Waals surface area contributed by atoms with E-state index in [1.807, 2.05) is 0 Å². The summed E-state index contributed by atoms with van der Waals surface area (Å²) < 4.78 is 0. The summed E-state index contributed by atoms with van der Waals surface area (Å²) in [7, 11) is 9.58. The Kier molecular flexibility index (Phi) is 17.9. The maximum Gasteiger partial charge on any atom is 0.335 e. The third kappa shape index (κ3) is 15.3. The normalized spacial score (nSPS) is 10.9. The van der Waals surface area contributed by atoms with Gasteiger partial charge in [0.2, 0.25) is 0 Å². The molecule has 0 atom stereocenters. The molecule has 0 aromatic heterocycles. The van der Waals surface area contributed by atoms with E-state index in [9.17, 15) is 59.1 Å². The highest BCUT2D eigenvalue weighted by atomic mass is 33.1. The van der Waals surface area contributed by atoms with E-state index in [1.54, 1.807) is 30.3 Å². The molecule has 61 heavy (non-hydrogen) atoms. The fourth-order valence-electron chi connectivity index (χ4n) is 4.70. The van der Waals surface area contributed by atoms with Gasteiger partial charge < -0.3 is 25.5 Å². The standard InChI is InChI=1S/C39H26O12S10/c1-18(40)52-25-3-20(35(42)43)5-27(13-25)54-56-29-7-22(37(46)47)9-31(15-29)58-60-33-11-24(39(50)51)12-34(17-33)61-59-32-10-23(38(48)49)8-30(16-32)57-55-28-6-21(36(44)45)4-26(14-28)53-19(2)41/h3-17H,1-2H3,(H,42,43)(H,44,45)(H,46,47)(H,48,49)(H,50,51). The van der Waals surface area contributed by atoms with Crippen molar-refractivity contribution in [1.29, 1.82) is 0 Å². The molecule has 0 aliphatic rings. The molecule has 0 unspecified atom stereocenters. The van der Waals surface area contributed by atoms with Crippen molar-refractivity contribution in [2.45, 2.75) is 62.8 Å². The van der Waals surface area contributed by atoms with Crippen molar-refractivity contribution >= 4 is 150 Å². The Hall–Kier alpha value is -3.71. The van der Waals surface area contributed by atoms with Gasteiger partial charge in [0.1, 0.15) is 0 Å². The fraction of sp³-hybridized carbons (Fsp3) is 0.0513. The van der Waals surface area contributed by atoms with E-state index < -0.39 is 29.8 Å². The quantitative estimate of drug-likeness (QED) is 0.0383. The van der Waals surface area contributed by atoms with Crippen LogP contribution < -0.4 is 0 Å². The molecular formula is C39H26O12S10. The summed E-state index contributed by atoms with van der Waals surface area (Å²) >= 11 is 1.79. The average molecular weight is 1010 g/mol. The maximum atomic E-state index is 12.2. The van der Waals surface area contributed by atoms with Crippen molar-refractivity contribution in [3.05, 3.63) is 119 Å². The number of hydrogen-bond acceptors (Lipinski definition) is 17. The summed E-state index contributed by atoms with van der Waals surface area (Å²) in [6, 6.07) is 23.2. The Labute approximate surface area is 387 Å². The lowest BCUT2D eigenvalue weighted by molar-refractivity contribution is -0.109. The third-order valence-electron chi connectivity index (χ3n) is 7.09. The monoisotopic (exact) mass is 1010 g/mol. The number of carbonyl (C=O) groups excluding carboxylic acids is 2. The van der Waals surface area contributed by atoms with E-state index in [2.05, 4.69) is 0 Å². The van der Waals surface area contributed by atoms with Crippen LogP contribution in [0.15, 0.2) is 140 Å². The van der Waals surface area contributed by atoms with Crippen LogP contribution >= 0.6 is 110 Å².